The summed E-state index contributed by atoms with van der Waals surface area (Å²) in [6, 6.07) is 17.3. The van der Waals surface area contributed by atoms with Crippen LogP contribution in [0.2, 0.25) is 0 Å². The molecule has 4 aromatic carbocycles. The highest BCUT2D eigenvalue weighted by molar-refractivity contribution is 5.84. The molecule has 2 N–H and O–H groups in total. The molecule has 0 radical (unpaired) electrons. The lowest BCUT2D eigenvalue weighted by Gasteiger charge is -2.18. The SMILES string of the molecule is Nc1c(Cc2cc(C(F)(F)F)cc3c2Cc2cccc(C(F)(F)F)c2-3)ccc2c1Cc1ccccc1-2. The van der Waals surface area contributed by atoms with Crippen LogP contribution in [-0.2, 0) is 31.6 Å². The standard InChI is InChI=1S/C29H19F6N/c30-28(31,32)19-11-18(22-13-16-5-3-7-25(29(33,34)35)26(16)23(22)14-19)10-17-8-9-21-20-6-2-1-4-15(20)12-24(21)27(17)36/h1-9,11,14H,10,12-13,36H2. The highest BCUT2D eigenvalue weighted by Crippen LogP contribution is 2.48. The number of nitrogens with two attached hydrogens (primary N) is 1. The molecule has 0 heterocycles. The van der Waals surface area contributed by atoms with Crippen molar-refractivity contribution in [2.75, 3.05) is 5.73 Å². The van der Waals surface area contributed by atoms with Gasteiger partial charge in [0.05, 0.1) is 11.1 Å². The summed E-state index contributed by atoms with van der Waals surface area (Å²) < 4.78 is 82.9. The average Bonchev–Trinajstić information content (AvgIpc) is 3.38. The van der Waals surface area contributed by atoms with Crippen molar-refractivity contribution in [1.82, 2.24) is 0 Å². The minimum atomic E-state index is -4.70. The zero-order valence-electron chi connectivity index (χ0n) is 18.8. The number of hydrogen-bond acceptors (Lipinski definition) is 1. The van der Waals surface area contributed by atoms with Crippen molar-refractivity contribution in [2.45, 2.75) is 31.6 Å². The highest BCUT2D eigenvalue weighted by Gasteiger charge is 2.39. The number of rotatable bonds is 2. The fraction of sp³-hybridized carbons (Fsp3) is 0.172. The molecule has 0 aliphatic heterocycles. The van der Waals surface area contributed by atoms with Gasteiger partial charge in [-0.25, -0.2) is 0 Å². The van der Waals surface area contributed by atoms with Crippen LogP contribution in [0.1, 0.15) is 44.5 Å². The largest absolute Gasteiger partial charge is 0.417 e. The van der Waals surface area contributed by atoms with E-state index in [9.17, 15) is 26.3 Å². The molecule has 2 aliphatic carbocycles. The van der Waals surface area contributed by atoms with Gasteiger partial charge in [0.25, 0.3) is 0 Å². The van der Waals surface area contributed by atoms with Crippen LogP contribution in [0.25, 0.3) is 22.3 Å². The second-order valence-corrected chi connectivity index (χ2v) is 9.35. The second kappa shape index (κ2) is 7.63. The van der Waals surface area contributed by atoms with Crippen LogP contribution in [0, 0.1) is 0 Å². The number of halogens is 6. The maximum atomic E-state index is 13.8. The lowest BCUT2D eigenvalue weighted by molar-refractivity contribution is -0.137. The van der Waals surface area contributed by atoms with E-state index in [1.165, 1.54) is 6.07 Å². The summed E-state index contributed by atoms with van der Waals surface area (Å²) in [6.45, 7) is 0. The molecule has 2 aliphatic rings. The third-order valence-electron chi connectivity index (χ3n) is 7.27. The fourth-order valence-corrected chi connectivity index (χ4v) is 5.62. The topological polar surface area (TPSA) is 26.0 Å². The van der Waals surface area contributed by atoms with Gasteiger partial charge < -0.3 is 5.73 Å². The fourth-order valence-electron chi connectivity index (χ4n) is 5.62. The van der Waals surface area contributed by atoms with Crippen molar-refractivity contribution < 1.29 is 26.3 Å². The molecule has 0 saturated heterocycles. The van der Waals surface area contributed by atoms with E-state index >= 15 is 0 Å². The number of fused-ring (bicyclic) bond motifs is 6. The summed E-state index contributed by atoms with van der Waals surface area (Å²) in [6.07, 6.45) is -8.52. The van der Waals surface area contributed by atoms with Gasteiger partial charge in [-0.15, -0.1) is 0 Å². The van der Waals surface area contributed by atoms with E-state index < -0.39 is 23.5 Å². The van der Waals surface area contributed by atoms with Gasteiger partial charge in [-0.2, -0.15) is 26.3 Å². The van der Waals surface area contributed by atoms with Crippen molar-refractivity contribution in [3.8, 4) is 22.3 Å². The number of hydrogen-bond donors (Lipinski definition) is 1. The monoisotopic (exact) mass is 495 g/mol. The van der Waals surface area contributed by atoms with Gasteiger partial charge in [-0.1, -0.05) is 48.5 Å². The summed E-state index contributed by atoms with van der Waals surface area (Å²) in [4.78, 5) is 0. The Balaban J connectivity index is 1.49. The minimum Gasteiger partial charge on any atom is -0.398 e. The van der Waals surface area contributed by atoms with E-state index in [4.69, 9.17) is 5.73 Å². The molecule has 0 amide bonds. The maximum absolute atomic E-state index is 13.8. The lowest BCUT2D eigenvalue weighted by Crippen LogP contribution is -2.10. The van der Waals surface area contributed by atoms with Crippen LogP contribution in [0.15, 0.2) is 66.7 Å². The van der Waals surface area contributed by atoms with Gasteiger partial charge in [-0.05, 0) is 86.7 Å². The van der Waals surface area contributed by atoms with Crippen molar-refractivity contribution in [3.05, 3.63) is 111 Å². The molecule has 7 heteroatoms. The van der Waals surface area contributed by atoms with E-state index in [1.54, 1.807) is 6.07 Å². The Kier molecular flexibility index (Phi) is 4.81. The third-order valence-corrected chi connectivity index (χ3v) is 7.27. The van der Waals surface area contributed by atoms with Gasteiger partial charge in [-0.3, -0.25) is 0 Å². The number of benzene rings is 4. The Morgan fingerprint density at radius 3 is 2.11 bits per heavy atom. The molecule has 0 bridgehead atoms. The van der Waals surface area contributed by atoms with Crippen LogP contribution in [0.5, 0.6) is 0 Å². The molecule has 0 atom stereocenters. The summed E-state index contributed by atoms with van der Waals surface area (Å²) in [5.41, 5.74) is 11.0. The molecule has 4 aromatic rings. The first-order valence-electron chi connectivity index (χ1n) is 11.4. The smallest absolute Gasteiger partial charge is 0.398 e. The minimum absolute atomic E-state index is 0.00473. The Morgan fingerprint density at radius 2 is 1.36 bits per heavy atom. The normalized spacial score (nSPS) is 13.8. The van der Waals surface area contributed by atoms with E-state index in [1.807, 2.05) is 36.4 Å². The Morgan fingerprint density at radius 1 is 0.639 bits per heavy atom. The van der Waals surface area contributed by atoms with Crippen molar-refractivity contribution in [2.24, 2.45) is 0 Å². The van der Waals surface area contributed by atoms with Crippen LogP contribution >= 0.6 is 0 Å². The highest BCUT2D eigenvalue weighted by atomic mass is 19.4. The molecule has 6 rings (SSSR count). The predicted octanol–water partition coefficient (Wildman–Crippen LogP) is 8.04. The van der Waals surface area contributed by atoms with Crippen LogP contribution in [-0.4, -0.2) is 0 Å². The van der Waals surface area contributed by atoms with Gasteiger partial charge >= 0.3 is 12.4 Å². The summed E-state index contributed by atoms with van der Waals surface area (Å²) in [5.74, 6) is 0. The molecule has 1 nitrogen and oxygen atoms in total. The molecule has 0 aromatic heterocycles. The van der Waals surface area contributed by atoms with Crippen LogP contribution in [0.4, 0.5) is 32.0 Å². The predicted molar refractivity (Wildman–Crippen MR) is 127 cm³/mol. The summed E-state index contributed by atoms with van der Waals surface area (Å²) >= 11 is 0. The number of anilines is 1. The van der Waals surface area contributed by atoms with Gasteiger partial charge in [0, 0.05) is 12.1 Å². The molecule has 0 saturated carbocycles. The third kappa shape index (κ3) is 3.48. The van der Waals surface area contributed by atoms with Gasteiger partial charge in [0.2, 0.25) is 0 Å². The van der Waals surface area contributed by atoms with E-state index in [-0.39, 0.29) is 24.0 Å². The van der Waals surface area contributed by atoms with E-state index in [2.05, 4.69) is 0 Å². The average molecular weight is 495 g/mol. The Bertz CT molecular complexity index is 1550. The maximum Gasteiger partial charge on any atom is 0.417 e. The van der Waals surface area contributed by atoms with Crippen molar-refractivity contribution in [1.29, 1.82) is 0 Å². The van der Waals surface area contributed by atoms with Crippen molar-refractivity contribution in [3.63, 3.8) is 0 Å². The van der Waals surface area contributed by atoms with Crippen molar-refractivity contribution >= 4 is 5.69 Å². The first kappa shape index (κ1) is 22.7. The number of alkyl halides is 6. The van der Waals surface area contributed by atoms with Gasteiger partial charge in [0.1, 0.15) is 0 Å². The van der Waals surface area contributed by atoms with E-state index in [0.29, 0.717) is 34.4 Å². The number of nitrogen functional groups attached to an aromatic ring is 1. The molecule has 0 spiro atoms. The Hall–Kier alpha value is -3.74. The quantitative estimate of drug-likeness (QED) is 0.191. The zero-order valence-corrected chi connectivity index (χ0v) is 18.8. The van der Waals surface area contributed by atoms with E-state index in [0.717, 1.165) is 40.5 Å². The Labute approximate surface area is 203 Å². The zero-order chi connectivity index (χ0) is 25.4. The molecular weight excluding hydrogens is 476 g/mol. The molecule has 0 unspecified atom stereocenters. The second-order valence-electron chi connectivity index (χ2n) is 9.35. The molecule has 36 heavy (non-hydrogen) atoms. The van der Waals surface area contributed by atoms with Crippen LogP contribution in [0.3, 0.4) is 0 Å². The van der Waals surface area contributed by atoms with Gasteiger partial charge in [0.15, 0.2) is 0 Å². The van der Waals surface area contributed by atoms with Crippen LogP contribution < -0.4 is 5.73 Å². The molecular formula is C29H19F6N. The first-order chi connectivity index (χ1) is 17.0. The lowest BCUT2D eigenvalue weighted by atomic mass is 9.90. The summed E-state index contributed by atoms with van der Waals surface area (Å²) in [5, 5.41) is 0. The molecule has 182 valence electrons. The molecule has 0 fully saturated rings. The summed E-state index contributed by atoms with van der Waals surface area (Å²) in [7, 11) is 0. The first-order valence-corrected chi connectivity index (χ1v) is 11.4.